The number of hydrogen-bond acceptors (Lipinski definition) is 2. The van der Waals surface area contributed by atoms with Crippen molar-refractivity contribution in [1.82, 2.24) is 0 Å². The van der Waals surface area contributed by atoms with Crippen LogP contribution in [0, 0.1) is 17.1 Å². The fourth-order valence-electron chi connectivity index (χ4n) is 1.64. The lowest BCUT2D eigenvalue weighted by atomic mass is 10.0. The van der Waals surface area contributed by atoms with Gasteiger partial charge in [-0.2, -0.15) is 5.26 Å². The summed E-state index contributed by atoms with van der Waals surface area (Å²) in [6.45, 7) is 0. The molecule has 88 valence electrons. The molecule has 18 heavy (non-hydrogen) atoms. The van der Waals surface area contributed by atoms with E-state index >= 15 is 0 Å². The van der Waals surface area contributed by atoms with Crippen molar-refractivity contribution in [2.24, 2.45) is 0 Å². The third-order valence-corrected chi connectivity index (χ3v) is 2.52. The summed E-state index contributed by atoms with van der Waals surface area (Å²) >= 11 is 0. The van der Waals surface area contributed by atoms with Crippen LogP contribution in [-0.4, -0.2) is 11.1 Å². The fraction of sp³-hybridized carbons (Fsp3) is 0. The van der Waals surface area contributed by atoms with E-state index in [4.69, 9.17) is 10.4 Å². The zero-order valence-corrected chi connectivity index (χ0v) is 9.22. The monoisotopic (exact) mass is 241 g/mol. The van der Waals surface area contributed by atoms with Crippen LogP contribution in [0.4, 0.5) is 4.39 Å². The van der Waals surface area contributed by atoms with Crippen molar-refractivity contribution in [3.05, 3.63) is 59.4 Å². The van der Waals surface area contributed by atoms with Crippen LogP contribution in [-0.2, 0) is 0 Å². The third-order valence-electron chi connectivity index (χ3n) is 2.52. The number of carboxylic acids is 1. The van der Waals surface area contributed by atoms with Gasteiger partial charge in [-0.3, -0.25) is 0 Å². The lowest BCUT2D eigenvalue weighted by molar-refractivity contribution is 0.0692. The highest BCUT2D eigenvalue weighted by molar-refractivity contribution is 5.88. The highest BCUT2D eigenvalue weighted by Gasteiger charge is 2.11. The van der Waals surface area contributed by atoms with E-state index in [9.17, 15) is 9.18 Å². The maximum Gasteiger partial charge on any atom is 0.338 e. The molecular weight excluding hydrogens is 233 g/mol. The SMILES string of the molecule is N#Cc1cccc(-c2ccc(C(=O)O)c(F)c2)c1. The Balaban J connectivity index is 2.49. The van der Waals surface area contributed by atoms with Crippen LogP contribution < -0.4 is 0 Å². The molecule has 0 atom stereocenters. The highest BCUT2D eigenvalue weighted by atomic mass is 19.1. The van der Waals surface area contributed by atoms with Crippen LogP contribution >= 0.6 is 0 Å². The Morgan fingerprint density at radius 2 is 1.89 bits per heavy atom. The fourth-order valence-corrected chi connectivity index (χ4v) is 1.64. The van der Waals surface area contributed by atoms with Gasteiger partial charge in [-0.1, -0.05) is 18.2 Å². The van der Waals surface area contributed by atoms with Gasteiger partial charge in [-0.15, -0.1) is 0 Å². The lowest BCUT2D eigenvalue weighted by Crippen LogP contribution is -2.00. The Kier molecular flexibility index (Phi) is 3.07. The number of carbonyl (C=O) groups is 1. The van der Waals surface area contributed by atoms with Crippen molar-refractivity contribution in [2.45, 2.75) is 0 Å². The third kappa shape index (κ3) is 2.20. The van der Waals surface area contributed by atoms with Gasteiger partial charge in [0, 0.05) is 0 Å². The molecular formula is C14H8FNO2. The minimum atomic E-state index is -1.30. The van der Waals surface area contributed by atoms with Gasteiger partial charge in [-0.25, -0.2) is 9.18 Å². The summed E-state index contributed by atoms with van der Waals surface area (Å²) in [4.78, 5) is 10.7. The van der Waals surface area contributed by atoms with E-state index in [2.05, 4.69) is 0 Å². The van der Waals surface area contributed by atoms with Crippen molar-refractivity contribution in [2.75, 3.05) is 0 Å². The molecule has 0 saturated heterocycles. The summed E-state index contributed by atoms with van der Waals surface area (Å²) in [5.41, 5.74) is 1.31. The normalized spacial score (nSPS) is 9.78. The maximum absolute atomic E-state index is 13.5. The molecule has 0 aliphatic heterocycles. The Morgan fingerprint density at radius 3 is 2.50 bits per heavy atom. The van der Waals surface area contributed by atoms with Gasteiger partial charge in [0.05, 0.1) is 17.2 Å². The van der Waals surface area contributed by atoms with Gasteiger partial charge in [0.1, 0.15) is 5.82 Å². The minimum absolute atomic E-state index is 0.366. The topological polar surface area (TPSA) is 61.1 Å². The number of halogens is 1. The Labute approximate surface area is 103 Å². The van der Waals surface area contributed by atoms with Crippen molar-refractivity contribution in [3.8, 4) is 17.2 Å². The van der Waals surface area contributed by atoms with E-state index in [-0.39, 0.29) is 5.56 Å². The average Bonchev–Trinajstić information content (AvgIpc) is 2.38. The van der Waals surface area contributed by atoms with Gasteiger partial charge < -0.3 is 5.11 Å². The van der Waals surface area contributed by atoms with Gasteiger partial charge in [0.15, 0.2) is 0 Å². The number of nitrogens with zero attached hydrogens (tertiary/aromatic N) is 1. The molecule has 2 rings (SSSR count). The van der Waals surface area contributed by atoms with Crippen LogP contribution in [0.2, 0.25) is 0 Å². The van der Waals surface area contributed by atoms with Crippen molar-refractivity contribution < 1.29 is 14.3 Å². The van der Waals surface area contributed by atoms with E-state index in [0.29, 0.717) is 16.7 Å². The number of carboxylic acid groups (broad SMARTS) is 1. The van der Waals surface area contributed by atoms with E-state index in [1.165, 1.54) is 12.1 Å². The molecule has 0 aliphatic rings. The Hall–Kier alpha value is -2.67. The summed E-state index contributed by atoms with van der Waals surface area (Å²) in [5, 5.41) is 17.5. The standard InChI is InChI=1S/C14H8FNO2/c15-13-7-11(4-5-12(13)14(17)18)10-3-1-2-9(6-10)8-16/h1-7H,(H,17,18). The molecule has 0 aromatic heterocycles. The molecule has 0 aliphatic carbocycles. The van der Waals surface area contributed by atoms with Crippen molar-refractivity contribution in [3.63, 3.8) is 0 Å². The molecule has 0 heterocycles. The number of aromatic carboxylic acids is 1. The first-order valence-electron chi connectivity index (χ1n) is 5.15. The maximum atomic E-state index is 13.5. The van der Waals surface area contributed by atoms with Gasteiger partial charge in [0.25, 0.3) is 0 Å². The van der Waals surface area contributed by atoms with E-state index < -0.39 is 11.8 Å². The molecule has 2 aromatic carbocycles. The molecule has 0 bridgehead atoms. The second-order valence-corrected chi connectivity index (χ2v) is 3.69. The first kappa shape index (κ1) is 11.8. The smallest absolute Gasteiger partial charge is 0.338 e. The van der Waals surface area contributed by atoms with Crippen molar-refractivity contribution >= 4 is 5.97 Å². The number of benzene rings is 2. The number of nitriles is 1. The second-order valence-electron chi connectivity index (χ2n) is 3.69. The molecule has 0 unspecified atom stereocenters. The number of hydrogen-bond donors (Lipinski definition) is 1. The Bertz CT molecular complexity index is 659. The quantitative estimate of drug-likeness (QED) is 0.878. The van der Waals surface area contributed by atoms with Crippen LogP contribution in [0.25, 0.3) is 11.1 Å². The molecule has 2 aromatic rings. The second kappa shape index (κ2) is 4.68. The minimum Gasteiger partial charge on any atom is -0.478 e. The summed E-state index contributed by atoms with van der Waals surface area (Å²) in [6.07, 6.45) is 0. The van der Waals surface area contributed by atoms with Crippen molar-refractivity contribution in [1.29, 1.82) is 5.26 Å². The number of rotatable bonds is 2. The summed E-state index contributed by atoms with van der Waals surface area (Å²) in [6, 6.07) is 12.6. The Morgan fingerprint density at radius 1 is 1.17 bits per heavy atom. The highest BCUT2D eigenvalue weighted by Crippen LogP contribution is 2.22. The first-order valence-corrected chi connectivity index (χ1v) is 5.15. The van der Waals surface area contributed by atoms with E-state index in [1.54, 1.807) is 24.3 Å². The molecule has 0 saturated carbocycles. The van der Waals surface area contributed by atoms with Crippen LogP contribution in [0.15, 0.2) is 42.5 Å². The van der Waals surface area contributed by atoms with Crippen LogP contribution in [0.1, 0.15) is 15.9 Å². The summed E-state index contributed by atoms with van der Waals surface area (Å²) in [5.74, 6) is -2.09. The molecule has 0 spiro atoms. The zero-order chi connectivity index (χ0) is 13.1. The van der Waals surface area contributed by atoms with Gasteiger partial charge >= 0.3 is 5.97 Å². The predicted octanol–water partition coefficient (Wildman–Crippen LogP) is 3.06. The van der Waals surface area contributed by atoms with Gasteiger partial charge in [-0.05, 0) is 35.4 Å². The first-order chi connectivity index (χ1) is 8.61. The summed E-state index contributed by atoms with van der Waals surface area (Å²) < 4.78 is 13.5. The van der Waals surface area contributed by atoms with Crippen LogP contribution in [0.5, 0.6) is 0 Å². The molecule has 1 N–H and O–H groups in total. The van der Waals surface area contributed by atoms with Gasteiger partial charge in [0.2, 0.25) is 0 Å². The van der Waals surface area contributed by atoms with E-state index in [0.717, 1.165) is 6.07 Å². The zero-order valence-electron chi connectivity index (χ0n) is 9.22. The molecule has 3 nitrogen and oxygen atoms in total. The largest absolute Gasteiger partial charge is 0.478 e. The molecule has 0 fully saturated rings. The van der Waals surface area contributed by atoms with E-state index in [1.807, 2.05) is 6.07 Å². The predicted molar refractivity (Wildman–Crippen MR) is 63.5 cm³/mol. The molecule has 0 radical (unpaired) electrons. The lowest BCUT2D eigenvalue weighted by Gasteiger charge is -2.04. The summed E-state index contributed by atoms with van der Waals surface area (Å²) in [7, 11) is 0. The molecule has 4 heteroatoms. The molecule has 0 amide bonds. The average molecular weight is 241 g/mol. The van der Waals surface area contributed by atoms with Crippen LogP contribution in [0.3, 0.4) is 0 Å².